The highest BCUT2D eigenvalue weighted by molar-refractivity contribution is 8.76. The minimum Gasteiger partial charge on any atom is -0.308 e. The van der Waals surface area contributed by atoms with E-state index in [1.807, 2.05) is 0 Å². The Balaban J connectivity index is 0. The molecule has 0 unspecified atom stereocenters. The van der Waals surface area contributed by atoms with E-state index in [0.29, 0.717) is 19.8 Å². The fourth-order valence-electron chi connectivity index (χ4n) is 0.452. The maximum atomic E-state index is 5.20. The van der Waals surface area contributed by atoms with Crippen molar-refractivity contribution >= 4 is 30.2 Å². The van der Waals surface area contributed by atoms with Crippen LogP contribution in [0, 0.1) is 0 Å². The van der Waals surface area contributed by atoms with Crippen molar-refractivity contribution in [3.63, 3.8) is 0 Å². The molecule has 0 spiro atoms. The minimum atomic E-state index is -1.29. The second-order valence-electron chi connectivity index (χ2n) is 2.31. The first kappa shape index (κ1) is 19.6. The van der Waals surface area contributed by atoms with Crippen LogP contribution in [-0.2, 0) is 13.6 Å². The Morgan fingerprint density at radius 1 is 0.824 bits per heavy atom. The van der Waals surface area contributed by atoms with Gasteiger partial charge in [-0.3, -0.25) is 0 Å². The van der Waals surface area contributed by atoms with Crippen LogP contribution in [0.3, 0.4) is 0 Å². The van der Waals surface area contributed by atoms with E-state index in [9.17, 15) is 0 Å². The number of rotatable bonds is 10. The Morgan fingerprint density at radius 3 is 1.29 bits per heavy atom. The third kappa shape index (κ3) is 18.8. The number of hydrogen-bond donors (Lipinski definition) is 0. The second kappa shape index (κ2) is 18.6. The Kier molecular flexibility index (Phi) is 21.4. The zero-order valence-corrected chi connectivity index (χ0v) is 13.0. The fraction of sp³-hybridized carbons (Fsp3) is 0.455. The second-order valence-corrected chi connectivity index (χ2v) is 6.20. The van der Waals surface area contributed by atoms with E-state index in [-0.39, 0.29) is 0 Å². The van der Waals surface area contributed by atoms with Crippen LogP contribution in [0.25, 0.3) is 0 Å². The Morgan fingerprint density at radius 2 is 1.12 bits per heavy atom. The Bertz CT molecular complexity index is 161. The van der Waals surface area contributed by atoms with Crippen LogP contribution in [0.1, 0.15) is 0 Å². The first-order valence-electron chi connectivity index (χ1n) is 4.85. The first-order chi connectivity index (χ1) is 8.26. The van der Waals surface area contributed by atoms with Crippen LogP contribution < -0.4 is 0 Å². The highest BCUT2D eigenvalue weighted by Gasteiger charge is 2.09. The molecule has 0 atom stereocenters. The fourth-order valence-corrected chi connectivity index (χ4v) is 1.36. The van der Waals surface area contributed by atoms with Gasteiger partial charge in [0.05, 0.1) is 19.8 Å². The van der Waals surface area contributed by atoms with Gasteiger partial charge in [-0.15, -0.1) is 19.7 Å². The van der Waals surface area contributed by atoms with Crippen molar-refractivity contribution in [1.82, 2.24) is 0 Å². The van der Waals surface area contributed by atoms with Crippen LogP contribution in [0.5, 0.6) is 0 Å². The van der Waals surface area contributed by atoms with E-state index in [2.05, 4.69) is 32.2 Å². The van der Waals surface area contributed by atoms with E-state index in [1.165, 1.54) is 0 Å². The van der Waals surface area contributed by atoms with E-state index in [4.69, 9.17) is 13.6 Å². The lowest BCUT2D eigenvalue weighted by Gasteiger charge is -2.13. The largest absolute Gasteiger partial charge is 0.333 e. The molecule has 0 saturated heterocycles. The monoisotopic (exact) mass is 296 g/mol. The smallest absolute Gasteiger partial charge is 0.308 e. The third-order valence-corrected chi connectivity index (χ3v) is 3.47. The van der Waals surface area contributed by atoms with Gasteiger partial charge in [0, 0.05) is 0 Å². The average molecular weight is 296 g/mol. The van der Waals surface area contributed by atoms with Crippen molar-refractivity contribution in [1.29, 1.82) is 0 Å². The summed E-state index contributed by atoms with van der Waals surface area (Å²) < 4.78 is 15.6. The molecule has 0 amide bonds. The SMILES string of the molecule is C=CCOP(OCC=C)OCC=C.CSSC. The van der Waals surface area contributed by atoms with Crippen LogP contribution in [-0.4, -0.2) is 32.3 Å². The number of hydrogen-bond acceptors (Lipinski definition) is 5. The normalized spacial score (nSPS) is 9.35. The molecule has 0 radical (unpaired) electrons. The van der Waals surface area contributed by atoms with Gasteiger partial charge in [-0.1, -0.05) is 39.8 Å². The van der Waals surface area contributed by atoms with Gasteiger partial charge in [0.25, 0.3) is 0 Å². The van der Waals surface area contributed by atoms with Gasteiger partial charge in [0.1, 0.15) is 0 Å². The van der Waals surface area contributed by atoms with Crippen molar-refractivity contribution in [3.8, 4) is 0 Å². The van der Waals surface area contributed by atoms with Gasteiger partial charge in [0.2, 0.25) is 0 Å². The molecule has 0 bridgehead atoms. The molecule has 0 aliphatic rings. The molecule has 0 aromatic heterocycles. The molecular formula is C11H21O3PS2. The summed E-state index contributed by atoms with van der Waals surface area (Å²) in [6.07, 6.45) is 9.05. The topological polar surface area (TPSA) is 27.7 Å². The highest BCUT2D eigenvalue weighted by Crippen LogP contribution is 2.39. The molecule has 0 aromatic rings. The molecule has 3 nitrogen and oxygen atoms in total. The van der Waals surface area contributed by atoms with Crippen LogP contribution in [0.2, 0.25) is 0 Å². The summed E-state index contributed by atoms with van der Waals surface area (Å²) in [5.74, 6) is 0. The van der Waals surface area contributed by atoms with Gasteiger partial charge in [0.15, 0.2) is 0 Å². The lowest BCUT2D eigenvalue weighted by molar-refractivity contribution is 0.194. The van der Waals surface area contributed by atoms with Crippen molar-refractivity contribution in [2.45, 2.75) is 0 Å². The molecule has 17 heavy (non-hydrogen) atoms. The molecule has 100 valence electrons. The molecule has 0 aromatic carbocycles. The standard InChI is InChI=1S/C9H15O3P.C2H6S2/c1-4-7-10-13(11-8-5-2)12-9-6-3;1-3-4-2/h4-6H,1-3,7-9H2;1-2H3. The Labute approximate surface area is 114 Å². The van der Waals surface area contributed by atoms with Gasteiger partial charge in [-0.25, -0.2) is 0 Å². The van der Waals surface area contributed by atoms with Crippen molar-refractivity contribution < 1.29 is 13.6 Å². The van der Waals surface area contributed by atoms with Crippen LogP contribution >= 0.6 is 30.2 Å². The third-order valence-electron chi connectivity index (χ3n) is 1.06. The maximum Gasteiger partial charge on any atom is 0.333 e. The summed E-state index contributed by atoms with van der Waals surface area (Å²) in [6.45, 7) is 11.8. The van der Waals surface area contributed by atoms with Crippen molar-refractivity contribution in [3.05, 3.63) is 38.0 Å². The van der Waals surface area contributed by atoms with Gasteiger partial charge < -0.3 is 13.6 Å². The van der Waals surface area contributed by atoms with Crippen molar-refractivity contribution in [2.24, 2.45) is 0 Å². The van der Waals surface area contributed by atoms with Gasteiger partial charge in [-0.2, -0.15) is 0 Å². The van der Waals surface area contributed by atoms with Gasteiger partial charge >= 0.3 is 8.60 Å². The molecule has 0 N–H and O–H groups in total. The summed E-state index contributed by atoms with van der Waals surface area (Å²) in [4.78, 5) is 0. The molecule has 0 aliphatic carbocycles. The summed E-state index contributed by atoms with van der Waals surface area (Å²) in [7, 11) is 2.25. The highest BCUT2D eigenvalue weighted by atomic mass is 33.1. The molecule has 6 heteroatoms. The Hall–Kier alpha value is 0.230. The van der Waals surface area contributed by atoms with Gasteiger partial charge in [-0.05, 0) is 12.5 Å². The molecule has 0 rings (SSSR count). The first-order valence-corrected chi connectivity index (χ1v) is 8.91. The summed E-state index contributed by atoms with van der Waals surface area (Å²) in [5.41, 5.74) is 0. The molecule has 0 fully saturated rings. The lowest BCUT2D eigenvalue weighted by Crippen LogP contribution is -1.95. The molecule has 0 aliphatic heterocycles. The summed E-state index contributed by atoms with van der Waals surface area (Å²) >= 11 is 0. The predicted molar refractivity (Wildman–Crippen MR) is 82.4 cm³/mol. The van der Waals surface area contributed by atoms with E-state index < -0.39 is 8.60 Å². The predicted octanol–water partition coefficient (Wildman–Crippen LogP) is 4.45. The zero-order valence-electron chi connectivity index (χ0n) is 10.5. The zero-order chi connectivity index (χ0) is 13.4. The van der Waals surface area contributed by atoms with Crippen LogP contribution in [0.4, 0.5) is 0 Å². The minimum absolute atomic E-state index is 0.417. The summed E-state index contributed by atoms with van der Waals surface area (Å²) in [5, 5.41) is 0. The van der Waals surface area contributed by atoms with E-state index in [1.54, 1.807) is 39.8 Å². The van der Waals surface area contributed by atoms with Crippen molar-refractivity contribution in [2.75, 3.05) is 32.3 Å². The molecular weight excluding hydrogens is 275 g/mol. The molecule has 0 saturated carbocycles. The van der Waals surface area contributed by atoms with E-state index >= 15 is 0 Å². The average Bonchev–Trinajstić information content (AvgIpc) is 2.38. The lowest BCUT2D eigenvalue weighted by atomic mass is 10.7. The maximum absolute atomic E-state index is 5.20. The molecule has 0 heterocycles. The van der Waals surface area contributed by atoms with E-state index in [0.717, 1.165) is 0 Å². The summed E-state index contributed by atoms with van der Waals surface area (Å²) in [6, 6.07) is 0. The van der Waals surface area contributed by atoms with Crippen LogP contribution in [0.15, 0.2) is 38.0 Å². The quantitative estimate of drug-likeness (QED) is 0.337.